The molecule has 3 heteroatoms. The van der Waals surface area contributed by atoms with E-state index < -0.39 is 0 Å². The number of ketones is 1. The third kappa shape index (κ3) is 1.96. The van der Waals surface area contributed by atoms with Crippen molar-refractivity contribution in [2.24, 2.45) is 0 Å². The van der Waals surface area contributed by atoms with Gasteiger partial charge in [-0.2, -0.15) is 0 Å². The zero-order valence-corrected chi connectivity index (χ0v) is 8.43. The van der Waals surface area contributed by atoms with Crippen molar-refractivity contribution in [1.82, 2.24) is 5.16 Å². The predicted molar refractivity (Wildman–Crippen MR) is 56.6 cm³/mol. The third-order valence-electron chi connectivity index (χ3n) is 2.18. The Morgan fingerprint density at radius 3 is 2.73 bits per heavy atom. The fourth-order valence-electron chi connectivity index (χ4n) is 1.33. The number of carbonyl (C=O) groups is 1. The molecule has 0 saturated heterocycles. The molecule has 2 aromatic rings. The molecular formula is C12H11NO2. The summed E-state index contributed by atoms with van der Waals surface area (Å²) in [4.78, 5) is 11.3. The summed E-state index contributed by atoms with van der Waals surface area (Å²) in [6.45, 7) is 1.80. The Bertz CT molecular complexity index is 459. The molecule has 3 nitrogen and oxygen atoms in total. The van der Waals surface area contributed by atoms with Gasteiger partial charge in [0.2, 0.25) is 11.5 Å². The normalized spacial score (nSPS) is 10.2. The van der Waals surface area contributed by atoms with Crippen molar-refractivity contribution in [3.8, 4) is 11.3 Å². The third-order valence-corrected chi connectivity index (χ3v) is 2.18. The second-order valence-corrected chi connectivity index (χ2v) is 3.22. The summed E-state index contributed by atoms with van der Waals surface area (Å²) in [7, 11) is 0. The molecule has 15 heavy (non-hydrogen) atoms. The van der Waals surface area contributed by atoms with E-state index in [4.69, 9.17) is 4.52 Å². The molecule has 0 N–H and O–H groups in total. The first-order valence-electron chi connectivity index (χ1n) is 4.86. The van der Waals surface area contributed by atoms with E-state index in [9.17, 15) is 4.79 Å². The Hall–Kier alpha value is -1.90. The number of aromatic nitrogens is 1. The van der Waals surface area contributed by atoms with Gasteiger partial charge in [0.05, 0.1) is 0 Å². The first kappa shape index (κ1) is 9.65. The fourth-order valence-corrected chi connectivity index (χ4v) is 1.33. The lowest BCUT2D eigenvalue weighted by Crippen LogP contribution is -1.92. The maximum absolute atomic E-state index is 11.3. The Balaban J connectivity index is 2.32. The van der Waals surface area contributed by atoms with E-state index in [0.717, 1.165) is 5.56 Å². The quantitative estimate of drug-likeness (QED) is 0.717. The Morgan fingerprint density at radius 2 is 2.07 bits per heavy atom. The topological polar surface area (TPSA) is 43.1 Å². The van der Waals surface area contributed by atoms with Crippen molar-refractivity contribution in [3.63, 3.8) is 0 Å². The van der Waals surface area contributed by atoms with Crippen molar-refractivity contribution in [2.45, 2.75) is 13.3 Å². The SMILES string of the molecule is CCC(=O)c1cc(-c2ccccc2)no1. The number of carbonyl (C=O) groups excluding carboxylic acids is 1. The minimum absolute atomic E-state index is 0.0234. The van der Waals surface area contributed by atoms with Crippen molar-refractivity contribution in [3.05, 3.63) is 42.2 Å². The van der Waals surface area contributed by atoms with Crippen LogP contribution in [0.25, 0.3) is 11.3 Å². The highest BCUT2D eigenvalue weighted by molar-refractivity contribution is 5.93. The lowest BCUT2D eigenvalue weighted by molar-refractivity contribution is 0.0952. The molecule has 0 aliphatic carbocycles. The largest absolute Gasteiger partial charge is 0.352 e. The van der Waals surface area contributed by atoms with Crippen LogP contribution in [0.3, 0.4) is 0 Å². The van der Waals surface area contributed by atoms with E-state index >= 15 is 0 Å². The van der Waals surface area contributed by atoms with Gasteiger partial charge >= 0.3 is 0 Å². The highest BCUT2D eigenvalue weighted by atomic mass is 16.5. The van der Waals surface area contributed by atoms with Crippen LogP contribution in [0, 0.1) is 0 Å². The number of Topliss-reactive ketones (excluding diaryl/α,β-unsaturated/α-hetero) is 1. The summed E-state index contributed by atoms with van der Waals surface area (Å²) in [5, 5.41) is 3.86. The summed E-state index contributed by atoms with van der Waals surface area (Å²) in [5.41, 5.74) is 1.66. The molecule has 0 radical (unpaired) electrons. The first-order valence-corrected chi connectivity index (χ1v) is 4.86. The van der Waals surface area contributed by atoms with Gasteiger partial charge in [-0.05, 0) is 0 Å². The summed E-state index contributed by atoms with van der Waals surface area (Å²) >= 11 is 0. The summed E-state index contributed by atoms with van der Waals surface area (Å²) in [6, 6.07) is 11.3. The zero-order chi connectivity index (χ0) is 10.7. The van der Waals surface area contributed by atoms with Gasteiger partial charge in [-0.3, -0.25) is 4.79 Å². The molecule has 0 saturated carbocycles. The monoisotopic (exact) mass is 201 g/mol. The summed E-state index contributed by atoms with van der Waals surface area (Å²) < 4.78 is 4.97. The molecule has 1 heterocycles. The standard InChI is InChI=1S/C12H11NO2/c1-2-11(14)12-8-10(13-15-12)9-6-4-3-5-7-9/h3-8H,2H2,1H3. The second-order valence-electron chi connectivity index (χ2n) is 3.22. The lowest BCUT2D eigenvalue weighted by atomic mass is 10.1. The number of benzene rings is 1. The van der Waals surface area contributed by atoms with Gasteiger partial charge in [-0.25, -0.2) is 0 Å². The van der Waals surface area contributed by atoms with Gasteiger partial charge < -0.3 is 4.52 Å². The van der Waals surface area contributed by atoms with Crippen molar-refractivity contribution in [1.29, 1.82) is 0 Å². The Morgan fingerprint density at radius 1 is 1.33 bits per heavy atom. The molecule has 0 atom stereocenters. The van der Waals surface area contributed by atoms with E-state index in [0.29, 0.717) is 17.9 Å². The highest BCUT2D eigenvalue weighted by Crippen LogP contribution is 2.18. The maximum Gasteiger partial charge on any atom is 0.203 e. The Kier molecular flexibility index (Phi) is 2.63. The Labute approximate surface area is 87.7 Å². The van der Waals surface area contributed by atoms with Gasteiger partial charge in [0, 0.05) is 18.1 Å². The van der Waals surface area contributed by atoms with Gasteiger partial charge in [0.1, 0.15) is 5.69 Å². The van der Waals surface area contributed by atoms with Crippen LogP contribution < -0.4 is 0 Å². The van der Waals surface area contributed by atoms with Gasteiger partial charge in [-0.1, -0.05) is 42.4 Å². The average molecular weight is 201 g/mol. The molecule has 2 rings (SSSR count). The summed E-state index contributed by atoms with van der Waals surface area (Å²) in [6.07, 6.45) is 0.434. The molecule has 0 fully saturated rings. The van der Waals surface area contributed by atoms with E-state index in [1.165, 1.54) is 0 Å². The molecule has 76 valence electrons. The fraction of sp³-hybridized carbons (Fsp3) is 0.167. The molecule has 0 aliphatic rings. The van der Waals surface area contributed by atoms with Crippen LogP contribution in [-0.4, -0.2) is 10.9 Å². The first-order chi connectivity index (χ1) is 7.31. The molecule has 0 aliphatic heterocycles. The van der Waals surface area contributed by atoms with Crippen molar-refractivity contribution < 1.29 is 9.32 Å². The minimum atomic E-state index is -0.0234. The van der Waals surface area contributed by atoms with E-state index in [-0.39, 0.29) is 5.78 Å². The smallest absolute Gasteiger partial charge is 0.203 e. The lowest BCUT2D eigenvalue weighted by Gasteiger charge is -1.91. The summed E-state index contributed by atoms with van der Waals surface area (Å²) in [5.74, 6) is 0.307. The van der Waals surface area contributed by atoms with Gasteiger partial charge in [-0.15, -0.1) is 0 Å². The van der Waals surface area contributed by atoms with Gasteiger partial charge in [0.25, 0.3) is 0 Å². The molecule has 0 spiro atoms. The van der Waals surface area contributed by atoms with Crippen LogP contribution in [-0.2, 0) is 0 Å². The molecular weight excluding hydrogens is 190 g/mol. The molecule has 0 unspecified atom stereocenters. The average Bonchev–Trinajstić information content (AvgIpc) is 2.78. The van der Waals surface area contributed by atoms with Crippen molar-refractivity contribution in [2.75, 3.05) is 0 Å². The minimum Gasteiger partial charge on any atom is -0.352 e. The van der Waals surface area contributed by atoms with Crippen LogP contribution in [0.1, 0.15) is 23.9 Å². The van der Waals surface area contributed by atoms with E-state index in [2.05, 4.69) is 5.16 Å². The van der Waals surface area contributed by atoms with Crippen molar-refractivity contribution >= 4 is 5.78 Å². The second kappa shape index (κ2) is 4.09. The van der Waals surface area contributed by atoms with Crippen LogP contribution in [0.2, 0.25) is 0 Å². The maximum atomic E-state index is 11.3. The number of nitrogens with zero attached hydrogens (tertiary/aromatic N) is 1. The molecule has 0 amide bonds. The zero-order valence-electron chi connectivity index (χ0n) is 8.43. The number of rotatable bonds is 3. The van der Waals surface area contributed by atoms with E-state index in [1.807, 2.05) is 30.3 Å². The molecule has 0 bridgehead atoms. The molecule has 1 aromatic heterocycles. The van der Waals surface area contributed by atoms with Gasteiger partial charge in [0.15, 0.2) is 0 Å². The van der Waals surface area contributed by atoms with Crippen LogP contribution in [0.4, 0.5) is 0 Å². The highest BCUT2D eigenvalue weighted by Gasteiger charge is 2.11. The van der Waals surface area contributed by atoms with Crippen LogP contribution >= 0.6 is 0 Å². The van der Waals surface area contributed by atoms with Crippen LogP contribution in [0.15, 0.2) is 40.9 Å². The molecule has 1 aromatic carbocycles. The number of hydrogen-bond acceptors (Lipinski definition) is 3. The van der Waals surface area contributed by atoms with E-state index in [1.54, 1.807) is 13.0 Å². The van der Waals surface area contributed by atoms with Crippen LogP contribution in [0.5, 0.6) is 0 Å². The number of hydrogen-bond donors (Lipinski definition) is 0. The predicted octanol–water partition coefficient (Wildman–Crippen LogP) is 2.93.